The van der Waals surface area contributed by atoms with Crippen LogP contribution in [-0.4, -0.2) is 34.6 Å². The normalized spacial score (nSPS) is 14.6. The number of methoxy groups -OCH3 is 1. The maximum Gasteiger partial charge on any atom is 0.322 e. The molecule has 2 rings (SSSR count). The van der Waals surface area contributed by atoms with E-state index in [-0.39, 0.29) is 6.01 Å². The minimum atomic E-state index is 0.285. The van der Waals surface area contributed by atoms with E-state index in [1.165, 1.54) is 20.0 Å². The maximum absolute atomic E-state index is 5.38. The molecule has 1 aromatic rings. The monoisotopic (exact) mass is 266 g/mol. The Balaban J connectivity index is 2.19. The molecule has 7 heteroatoms. The van der Waals surface area contributed by atoms with Gasteiger partial charge in [0, 0.05) is 12.6 Å². The quantitative estimate of drug-likeness (QED) is 0.565. The van der Waals surface area contributed by atoms with Crippen LogP contribution in [-0.2, 0) is 0 Å². The molecule has 0 unspecified atom stereocenters. The fourth-order valence-electron chi connectivity index (χ4n) is 1.86. The number of nitrogen functional groups attached to an aromatic ring is 1. The molecule has 7 nitrogen and oxygen atoms in total. The van der Waals surface area contributed by atoms with E-state index in [1.807, 2.05) is 0 Å². The zero-order valence-electron chi connectivity index (χ0n) is 11.8. The summed E-state index contributed by atoms with van der Waals surface area (Å²) in [6, 6.07) is 0.824. The van der Waals surface area contributed by atoms with Crippen LogP contribution in [0.1, 0.15) is 33.1 Å². The van der Waals surface area contributed by atoms with Crippen molar-refractivity contribution in [3.8, 4) is 6.01 Å². The third-order valence-electron chi connectivity index (χ3n) is 3.11. The van der Waals surface area contributed by atoms with Crippen LogP contribution >= 0.6 is 0 Å². The minimum Gasteiger partial charge on any atom is -0.467 e. The van der Waals surface area contributed by atoms with Crippen molar-refractivity contribution in [2.24, 2.45) is 11.8 Å². The Morgan fingerprint density at radius 2 is 2.11 bits per heavy atom. The van der Waals surface area contributed by atoms with Gasteiger partial charge in [-0.3, -0.25) is 5.43 Å². The summed E-state index contributed by atoms with van der Waals surface area (Å²) in [5.74, 6) is 7.00. The lowest BCUT2D eigenvalue weighted by Crippen LogP contribution is -2.30. The number of aromatic nitrogens is 3. The average Bonchev–Trinajstić information content (AvgIpc) is 3.22. The molecule has 1 saturated carbocycles. The van der Waals surface area contributed by atoms with Crippen molar-refractivity contribution in [1.82, 2.24) is 15.0 Å². The van der Waals surface area contributed by atoms with E-state index < -0.39 is 0 Å². The summed E-state index contributed by atoms with van der Waals surface area (Å²) < 4.78 is 5.09. The molecule has 0 spiro atoms. The molecule has 1 aliphatic carbocycles. The number of hydrogen-bond donors (Lipinski definition) is 2. The van der Waals surface area contributed by atoms with Crippen molar-refractivity contribution in [1.29, 1.82) is 0 Å². The third-order valence-corrected chi connectivity index (χ3v) is 3.11. The molecule has 106 valence electrons. The largest absolute Gasteiger partial charge is 0.467 e. The van der Waals surface area contributed by atoms with Gasteiger partial charge in [-0.1, -0.05) is 13.8 Å². The van der Waals surface area contributed by atoms with Gasteiger partial charge in [0.15, 0.2) is 0 Å². The van der Waals surface area contributed by atoms with Gasteiger partial charge < -0.3 is 9.64 Å². The Kier molecular flexibility index (Phi) is 4.36. The van der Waals surface area contributed by atoms with Crippen LogP contribution in [0.2, 0.25) is 0 Å². The lowest BCUT2D eigenvalue weighted by molar-refractivity contribution is 0.378. The Morgan fingerprint density at radius 3 is 2.63 bits per heavy atom. The smallest absolute Gasteiger partial charge is 0.322 e. The number of hydrazine groups is 1. The zero-order chi connectivity index (χ0) is 13.8. The molecule has 1 aliphatic rings. The molecule has 0 saturated heterocycles. The van der Waals surface area contributed by atoms with Crippen molar-refractivity contribution >= 4 is 11.9 Å². The number of anilines is 2. The Labute approximate surface area is 113 Å². The number of nitrogens with one attached hydrogen (secondary N) is 1. The van der Waals surface area contributed by atoms with Crippen LogP contribution in [0.5, 0.6) is 6.01 Å². The average molecular weight is 266 g/mol. The van der Waals surface area contributed by atoms with Crippen molar-refractivity contribution in [2.75, 3.05) is 24.0 Å². The van der Waals surface area contributed by atoms with E-state index in [2.05, 4.69) is 39.1 Å². The minimum absolute atomic E-state index is 0.285. The second kappa shape index (κ2) is 6.01. The summed E-state index contributed by atoms with van der Waals surface area (Å²) >= 11 is 0. The molecule has 0 amide bonds. The van der Waals surface area contributed by atoms with Gasteiger partial charge >= 0.3 is 6.01 Å². The van der Waals surface area contributed by atoms with Crippen molar-refractivity contribution in [2.45, 2.75) is 39.2 Å². The van der Waals surface area contributed by atoms with Crippen molar-refractivity contribution in [3.63, 3.8) is 0 Å². The first-order valence-corrected chi connectivity index (χ1v) is 6.67. The van der Waals surface area contributed by atoms with Gasteiger partial charge in [-0.25, -0.2) is 5.84 Å². The Hall–Kier alpha value is -1.63. The highest BCUT2D eigenvalue weighted by Gasteiger charge is 2.31. The van der Waals surface area contributed by atoms with Crippen molar-refractivity contribution in [3.05, 3.63) is 0 Å². The highest BCUT2D eigenvalue weighted by atomic mass is 16.5. The second-order valence-electron chi connectivity index (χ2n) is 5.20. The number of nitrogens with zero attached hydrogens (tertiary/aromatic N) is 4. The summed E-state index contributed by atoms with van der Waals surface area (Å²) in [6.07, 6.45) is 3.49. The topological polar surface area (TPSA) is 89.2 Å². The third kappa shape index (κ3) is 3.66. The molecule has 0 aliphatic heterocycles. The Morgan fingerprint density at radius 1 is 1.37 bits per heavy atom. The Bertz CT molecular complexity index is 398. The predicted octanol–water partition coefficient (Wildman–Crippen LogP) is 1.18. The zero-order valence-corrected chi connectivity index (χ0v) is 11.8. The SMILES string of the molecule is COc1nc(NN)nc(N(CCC(C)C)C2CC2)n1. The summed E-state index contributed by atoms with van der Waals surface area (Å²) in [7, 11) is 1.54. The predicted molar refractivity (Wildman–Crippen MR) is 74.0 cm³/mol. The molecule has 0 aromatic carbocycles. The molecule has 1 aromatic heterocycles. The van der Waals surface area contributed by atoms with Crippen LogP contribution < -0.4 is 20.9 Å². The van der Waals surface area contributed by atoms with Crippen LogP contribution in [0.3, 0.4) is 0 Å². The molecule has 0 radical (unpaired) electrons. The fourth-order valence-corrected chi connectivity index (χ4v) is 1.86. The van der Waals surface area contributed by atoms with Crippen molar-refractivity contribution < 1.29 is 4.74 Å². The standard InChI is InChI=1S/C12H22N6O/c1-8(2)6-7-18(9-4-5-9)11-14-10(17-13)15-12(16-11)19-3/h8-9H,4-7,13H2,1-3H3,(H,14,15,16,17). The molecular weight excluding hydrogens is 244 g/mol. The van der Waals surface area contributed by atoms with E-state index in [0.717, 1.165) is 13.0 Å². The number of hydrogen-bond acceptors (Lipinski definition) is 7. The number of nitrogens with two attached hydrogens (primary N) is 1. The summed E-state index contributed by atoms with van der Waals surface area (Å²) in [5.41, 5.74) is 2.45. The first-order chi connectivity index (χ1) is 9.13. The van der Waals surface area contributed by atoms with Gasteiger partial charge in [0.25, 0.3) is 0 Å². The van der Waals surface area contributed by atoms with Gasteiger partial charge in [-0.15, -0.1) is 0 Å². The maximum atomic E-state index is 5.38. The van der Waals surface area contributed by atoms with Gasteiger partial charge in [-0.2, -0.15) is 15.0 Å². The number of rotatable bonds is 7. The second-order valence-corrected chi connectivity index (χ2v) is 5.20. The first-order valence-electron chi connectivity index (χ1n) is 6.67. The van der Waals surface area contributed by atoms with Crippen LogP contribution in [0.4, 0.5) is 11.9 Å². The first kappa shape index (κ1) is 13.8. The van der Waals surface area contributed by atoms with E-state index in [9.17, 15) is 0 Å². The number of ether oxygens (including phenoxy) is 1. The lowest BCUT2D eigenvalue weighted by Gasteiger charge is -2.23. The van der Waals surface area contributed by atoms with E-state index in [0.29, 0.717) is 23.9 Å². The van der Waals surface area contributed by atoms with E-state index >= 15 is 0 Å². The molecule has 1 fully saturated rings. The molecule has 3 N–H and O–H groups in total. The highest BCUT2D eigenvalue weighted by molar-refractivity contribution is 5.40. The molecule has 0 atom stereocenters. The summed E-state index contributed by atoms with van der Waals surface area (Å²) in [5, 5.41) is 0. The van der Waals surface area contributed by atoms with Gasteiger partial charge in [0.05, 0.1) is 7.11 Å². The molecule has 19 heavy (non-hydrogen) atoms. The fraction of sp³-hybridized carbons (Fsp3) is 0.750. The van der Waals surface area contributed by atoms with Gasteiger partial charge in [0.1, 0.15) is 0 Å². The van der Waals surface area contributed by atoms with Crippen LogP contribution in [0, 0.1) is 5.92 Å². The molecule has 1 heterocycles. The lowest BCUT2D eigenvalue weighted by atomic mass is 10.1. The molecule has 0 bridgehead atoms. The van der Waals surface area contributed by atoms with Crippen LogP contribution in [0.25, 0.3) is 0 Å². The summed E-state index contributed by atoms with van der Waals surface area (Å²) in [4.78, 5) is 14.9. The molecular formula is C12H22N6O. The van der Waals surface area contributed by atoms with E-state index in [1.54, 1.807) is 0 Å². The van der Waals surface area contributed by atoms with Crippen LogP contribution in [0.15, 0.2) is 0 Å². The van der Waals surface area contributed by atoms with Gasteiger partial charge in [-0.05, 0) is 25.2 Å². The summed E-state index contributed by atoms with van der Waals surface area (Å²) in [6.45, 7) is 5.37. The van der Waals surface area contributed by atoms with Gasteiger partial charge in [0.2, 0.25) is 11.9 Å². The highest BCUT2D eigenvalue weighted by Crippen LogP contribution is 2.31. The van der Waals surface area contributed by atoms with E-state index in [4.69, 9.17) is 10.6 Å².